The second-order valence-corrected chi connectivity index (χ2v) is 7.59. The van der Waals surface area contributed by atoms with E-state index in [2.05, 4.69) is 19.0 Å². The topological polar surface area (TPSA) is 59.0 Å². The Bertz CT molecular complexity index is 672. The maximum Gasteiger partial charge on any atom is 0.336 e. The molecule has 1 aromatic rings. The smallest absolute Gasteiger partial charge is 0.336 e. The first-order chi connectivity index (χ1) is 11.2. The van der Waals surface area contributed by atoms with Crippen LogP contribution in [0.4, 0.5) is 0 Å². The van der Waals surface area contributed by atoms with Crippen LogP contribution >= 0.6 is 24.0 Å². The zero-order valence-corrected chi connectivity index (χ0v) is 16.5. The van der Waals surface area contributed by atoms with Crippen molar-refractivity contribution in [3.05, 3.63) is 22.2 Å². The molecule has 0 amide bonds. The van der Waals surface area contributed by atoms with Gasteiger partial charge in [-0.05, 0) is 52.8 Å². The van der Waals surface area contributed by atoms with Crippen LogP contribution in [0, 0.1) is 12.8 Å². The van der Waals surface area contributed by atoms with Crippen molar-refractivity contribution in [3.8, 4) is 11.5 Å². The lowest BCUT2D eigenvalue weighted by Crippen LogP contribution is -2.46. The van der Waals surface area contributed by atoms with E-state index in [4.69, 9.17) is 21.1 Å². The van der Waals surface area contributed by atoms with Crippen LogP contribution in [-0.2, 0) is 0 Å². The molecule has 1 atom stereocenters. The third kappa shape index (κ3) is 3.55. The summed E-state index contributed by atoms with van der Waals surface area (Å²) in [5.74, 6) is -0.607. The Morgan fingerprint density at radius 3 is 2.32 bits per heavy atom. The molecule has 3 rings (SSSR count). The van der Waals surface area contributed by atoms with E-state index in [0.29, 0.717) is 28.1 Å². The standard InChI is InChI=1S/C18H24ClNO4.ClH/c1-10-13(17(21)22)9-14(19)16-15(10)23-18(2,24-16)11-5-7-12(8-6-11)20(3)4;/h9,11-12H,5-8H2,1-4H3,(H,21,22);1H/t11-,12-,18?;. The molecule has 7 heteroatoms. The number of nitrogens with zero attached hydrogens (tertiary/aromatic N) is 1. The molecule has 1 aliphatic heterocycles. The van der Waals surface area contributed by atoms with Crippen LogP contribution in [0.25, 0.3) is 0 Å². The highest BCUT2D eigenvalue weighted by molar-refractivity contribution is 6.32. The molecule has 2 aliphatic rings. The van der Waals surface area contributed by atoms with E-state index in [-0.39, 0.29) is 23.9 Å². The van der Waals surface area contributed by atoms with Crippen molar-refractivity contribution in [1.29, 1.82) is 0 Å². The van der Waals surface area contributed by atoms with Crippen LogP contribution in [0.5, 0.6) is 11.5 Å². The van der Waals surface area contributed by atoms with E-state index in [1.807, 2.05) is 6.92 Å². The Morgan fingerprint density at radius 1 is 1.24 bits per heavy atom. The van der Waals surface area contributed by atoms with Gasteiger partial charge >= 0.3 is 5.97 Å². The lowest BCUT2D eigenvalue weighted by Gasteiger charge is -2.39. The van der Waals surface area contributed by atoms with Gasteiger partial charge in [0, 0.05) is 24.4 Å². The van der Waals surface area contributed by atoms with Gasteiger partial charge in [0.1, 0.15) is 0 Å². The van der Waals surface area contributed by atoms with Gasteiger partial charge in [0.2, 0.25) is 0 Å². The number of hydrogen-bond acceptors (Lipinski definition) is 4. The van der Waals surface area contributed by atoms with Crippen molar-refractivity contribution in [3.63, 3.8) is 0 Å². The van der Waals surface area contributed by atoms with Crippen molar-refractivity contribution < 1.29 is 19.4 Å². The third-order valence-corrected chi connectivity index (χ3v) is 5.73. The second kappa shape index (κ2) is 7.22. The van der Waals surface area contributed by atoms with Crippen molar-refractivity contribution in [2.75, 3.05) is 14.1 Å². The van der Waals surface area contributed by atoms with Crippen molar-refractivity contribution >= 4 is 30.0 Å². The third-order valence-electron chi connectivity index (χ3n) is 5.45. The highest BCUT2D eigenvalue weighted by atomic mass is 35.5. The predicted molar refractivity (Wildman–Crippen MR) is 99.5 cm³/mol. The summed E-state index contributed by atoms with van der Waals surface area (Å²) in [5, 5.41) is 9.61. The lowest BCUT2D eigenvalue weighted by molar-refractivity contribution is -0.123. The number of halogens is 2. The van der Waals surface area contributed by atoms with E-state index in [1.165, 1.54) is 6.07 Å². The molecule has 0 spiro atoms. The number of benzene rings is 1. The number of rotatable bonds is 3. The van der Waals surface area contributed by atoms with Crippen LogP contribution in [0.3, 0.4) is 0 Å². The fourth-order valence-electron chi connectivity index (χ4n) is 3.85. The first-order valence-electron chi connectivity index (χ1n) is 8.33. The summed E-state index contributed by atoms with van der Waals surface area (Å²) in [5.41, 5.74) is 0.718. The Labute approximate surface area is 159 Å². The fraction of sp³-hybridized carbons (Fsp3) is 0.611. The lowest BCUT2D eigenvalue weighted by atomic mass is 9.81. The molecule has 1 aromatic carbocycles. The summed E-state index contributed by atoms with van der Waals surface area (Å²) in [4.78, 5) is 13.6. The summed E-state index contributed by atoms with van der Waals surface area (Å²) >= 11 is 6.25. The van der Waals surface area contributed by atoms with Crippen LogP contribution in [-0.4, -0.2) is 41.9 Å². The summed E-state index contributed by atoms with van der Waals surface area (Å²) in [6.07, 6.45) is 4.22. The van der Waals surface area contributed by atoms with Crippen LogP contribution in [0.2, 0.25) is 5.02 Å². The second-order valence-electron chi connectivity index (χ2n) is 7.18. The average Bonchev–Trinajstić information content (AvgIpc) is 2.91. The Morgan fingerprint density at radius 2 is 1.80 bits per heavy atom. The van der Waals surface area contributed by atoms with Gasteiger partial charge in [-0.15, -0.1) is 12.4 Å². The van der Waals surface area contributed by atoms with Crippen LogP contribution in [0.1, 0.15) is 48.5 Å². The summed E-state index contributed by atoms with van der Waals surface area (Å²) in [6, 6.07) is 2.04. The molecule has 1 heterocycles. The molecule has 1 fully saturated rings. The Hall–Kier alpha value is -1.17. The van der Waals surface area contributed by atoms with Gasteiger partial charge in [-0.2, -0.15) is 0 Å². The van der Waals surface area contributed by atoms with Gasteiger partial charge in [0.15, 0.2) is 11.5 Å². The molecule has 25 heavy (non-hydrogen) atoms. The number of aromatic carboxylic acids is 1. The van der Waals surface area contributed by atoms with E-state index in [0.717, 1.165) is 25.7 Å². The predicted octanol–water partition coefficient (Wildman–Crippen LogP) is 4.38. The zero-order valence-electron chi connectivity index (χ0n) is 15.0. The average molecular weight is 390 g/mol. The van der Waals surface area contributed by atoms with Gasteiger partial charge in [-0.1, -0.05) is 11.6 Å². The molecular formula is C18H25Cl2NO4. The maximum atomic E-state index is 11.4. The van der Waals surface area contributed by atoms with E-state index in [9.17, 15) is 9.90 Å². The van der Waals surface area contributed by atoms with Gasteiger partial charge in [0.05, 0.1) is 10.6 Å². The van der Waals surface area contributed by atoms with E-state index >= 15 is 0 Å². The minimum atomic E-state index is -1.01. The number of fused-ring (bicyclic) bond motifs is 1. The Kier molecular flexibility index (Phi) is 5.81. The molecule has 1 aliphatic carbocycles. The number of carboxylic acids is 1. The number of hydrogen-bond donors (Lipinski definition) is 1. The van der Waals surface area contributed by atoms with Gasteiger partial charge < -0.3 is 19.5 Å². The highest BCUT2D eigenvalue weighted by Crippen LogP contribution is 2.51. The zero-order chi connectivity index (χ0) is 17.6. The fourth-order valence-corrected chi connectivity index (χ4v) is 4.08. The monoisotopic (exact) mass is 389 g/mol. The molecule has 5 nitrogen and oxygen atoms in total. The van der Waals surface area contributed by atoms with E-state index < -0.39 is 11.8 Å². The molecule has 0 bridgehead atoms. The summed E-state index contributed by atoms with van der Waals surface area (Å²) in [7, 11) is 4.23. The minimum Gasteiger partial charge on any atom is -0.478 e. The van der Waals surface area contributed by atoms with Crippen molar-refractivity contribution in [2.45, 2.75) is 51.4 Å². The highest BCUT2D eigenvalue weighted by Gasteiger charge is 2.47. The molecular weight excluding hydrogens is 365 g/mol. The van der Waals surface area contributed by atoms with Crippen molar-refractivity contribution in [2.24, 2.45) is 5.92 Å². The maximum absolute atomic E-state index is 11.4. The number of ether oxygens (including phenoxy) is 2. The molecule has 0 saturated heterocycles. The van der Waals surface area contributed by atoms with Crippen LogP contribution in [0.15, 0.2) is 6.07 Å². The quantitative estimate of drug-likeness (QED) is 0.830. The molecule has 1 unspecified atom stereocenters. The normalized spacial score (nSPS) is 27.9. The SMILES string of the molecule is Cc1c(C(=O)O)cc(Cl)c2c1OC(C)([C@H]1CC[C@H](N(C)C)CC1)O2.Cl. The van der Waals surface area contributed by atoms with Crippen LogP contribution < -0.4 is 9.47 Å². The number of carboxylic acid groups (broad SMARTS) is 1. The largest absolute Gasteiger partial charge is 0.478 e. The molecule has 1 saturated carbocycles. The Balaban J connectivity index is 0.00000225. The van der Waals surface area contributed by atoms with Gasteiger partial charge in [-0.3, -0.25) is 0 Å². The minimum absolute atomic E-state index is 0. The van der Waals surface area contributed by atoms with Gasteiger partial charge in [-0.25, -0.2) is 4.79 Å². The first kappa shape index (κ1) is 20.1. The van der Waals surface area contributed by atoms with E-state index in [1.54, 1.807) is 6.92 Å². The molecule has 0 radical (unpaired) electrons. The van der Waals surface area contributed by atoms with Gasteiger partial charge in [0.25, 0.3) is 5.79 Å². The van der Waals surface area contributed by atoms with Crippen molar-refractivity contribution in [1.82, 2.24) is 4.90 Å². The first-order valence-corrected chi connectivity index (χ1v) is 8.71. The summed E-state index contributed by atoms with van der Waals surface area (Å²) < 4.78 is 12.3. The molecule has 140 valence electrons. The molecule has 1 N–H and O–H groups in total. The molecule has 0 aromatic heterocycles. The number of carbonyl (C=O) groups is 1. The summed E-state index contributed by atoms with van der Waals surface area (Å²) in [6.45, 7) is 3.67.